The Bertz CT molecular complexity index is 1750. The number of aryl methyl sites for hydroxylation is 3. The molecule has 0 saturated heterocycles. The Balaban J connectivity index is 1.69. The number of oxazole rings is 1. The highest BCUT2D eigenvalue weighted by Crippen LogP contribution is 2.33. The van der Waals surface area contributed by atoms with Crippen LogP contribution in [0.3, 0.4) is 0 Å². The molecule has 0 bridgehead atoms. The number of nitrogens with zero attached hydrogens (tertiary/aromatic N) is 4. The first kappa shape index (κ1) is 24.1. The number of ether oxygens (including phenoxy) is 2. The van der Waals surface area contributed by atoms with Crippen molar-refractivity contribution in [1.82, 2.24) is 19.1 Å². The molecule has 37 heavy (non-hydrogen) atoms. The lowest BCUT2D eigenvalue weighted by Gasteiger charge is -2.15. The van der Waals surface area contributed by atoms with Crippen molar-refractivity contribution in [2.75, 3.05) is 14.2 Å². The molecule has 0 aliphatic carbocycles. The fraction of sp³-hybridized carbons (Fsp3) is 0.214. The van der Waals surface area contributed by atoms with Gasteiger partial charge in [0.25, 0.3) is 5.56 Å². The van der Waals surface area contributed by atoms with E-state index >= 15 is 0 Å². The molecule has 0 fully saturated rings. The van der Waals surface area contributed by atoms with Crippen LogP contribution in [0.25, 0.3) is 28.2 Å². The number of rotatable bonds is 6. The van der Waals surface area contributed by atoms with E-state index in [4.69, 9.17) is 13.9 Å². The summed E-state index contributed by atoms with van der Waals surface area (Å²) in [5.74, 6) is 1.97. The van der Waals surface area contributed by atoms with Gasteiger partial charge in [-0.05, 0) is 56.7 Å². The minimum atomic E-state index is -0.507. The number of benzene rings is 2. The van der Waals surface area contributed by atoms with E-state index in [0.29, 0.717) is 51.1 Å². The summed E-state index contributed by atoms with van der Waals surface area (Å²) in [5.41, 5.74) is 2.56. The molecule has 0 atom stereocenters. The molecule has 9 heteroatoms. The van der Waals surface area contributed by atoms with Gasteiger partial charge in [-0.2, -0.15) is 0 Å². The van der Waals surface area contributed by atoms with Crippen LogP contribution in [0.4, 0.5) is 0 Å². The van der Waals surface area contributed by atoms with Crippen LogP contribution in [-0.2, 0) is 6.54 Å². The predicted octanol–water partition coefficient (Wildman–Crippen LogP) is 4.19. The third-order valence-electron chi connectivity index (χ3n) is 6.27. The molecule has 188 valence electrons. The average Bonchev–Trinajstić information content (AvgIpc) is 3.26. The van der Waals surface area contributed by atoms with Crippen LogP contribution in [-0.4, -0.2) is 33.3 Å². The third-order valence-corrected chi connectivity index (χ3v) is 6.27. The average molecular weight is 499 g/mol. The molecule has 5 aromatic rings. The number of aromatic nitrogens is 4. The minimum Gasteiger partial charge on any atom is -0.497 e. The van der Waals surface area contributed by atoms with E-state index in [-0.39, 0.29) is 6.54 Å². The molecule has 5 rings (SSSR count). The highest BCUT2D eigenvalue weighted by atomic mass is 16.5. The maximum Gasteiger partial charge on any atom is 0.337 e. The Morgan fingerprint density at radius 2 is 1.68 bits per heavy atom. The first-order valence-corrected chi connectivity index (χ1v) is 11.7. The summed E-state index contributed by atoms with van der Waals surface area (Å²) in [7, 11) is 3.12. The largest absolute Gasteiger partial charge is 0.497 e. The maximum atomic E-state index is 13.8. The highest BCUT2D eigenvalue weighted by Gasteiger charge is 2.21. The predicted molar refractivity (Wildman–Crippen MR) is 140 cm³/mol. The lowest BCUT2D eigenvalue weighted by Crippen LogP contribution is -2.40. The molecule has 2 aromatic carbocycles. The molecule has 0 aliphatic rings. The van der Waals surface area contributed by atoms with Gasteiger partial charge in [0, 0.05) is 11.8 Å². The van der Waals surface area contributed by atoms with Gasteiger partial charge in [-0.15, -0.1) is 0 Å². The molecule has 0 unspecified atom stereocenters. The first-order chi connectivity index (χ1) is 17.8. The van der Waals surface area contributed by atoms with Crippen molar-refractivity contribution in [3.05, 3.63) is 98.1 Å². The molecule has 0 aliphatic heterocycles. The van der Waals surface area contributed by atoms with Crippen molar-refractivity contribution in [2.45, 2.75) is 27.3 Å². The molecule has 0 saturated carbocycles. The fourth-order valence-electron chi connectivity index (χ4n) is 4.44. The van der Waals surface area contributed by atoms with E-state index in [0.717, 1.165) is 11.3 Å². The molecule has 0 amide bonds. The summed E-state index contributed by atoms with van der Waals surface area (Å²) < 4.78 is 19.4. The van der Waals surface area contributed by atoms with Crippen LogP contribution in [0.15, 0.2) is 68.6 Å². The number of hydrogen-bond donors (Lipinski definition) is 0. The second kappa shape index (κ2) is 9.42. The Morgan fingerprint density at radius 3 is 2.38 bits per heavy atom. The normalized spacial score (nSPS) is 11.2. The maximum absolute atomic E-state index is 13.8. The molecular weight excluding hydrogens is 472 g/mol. The summed E-state index contributed by atoms with van der Waals surface area (Å²) in [5, 5.41) is 0.382. The van der Waals surface area contributed by atoms with Gasteiger partial charge in [-0.3, -0.25) is 9.36 Å². The van der Waals surface area contributed by atoms with Crippen LogP contribution < -0.4 is 20.7 Å². The molecule has 0 N–H and O–H groups in total. The molecule has 3 heterocycles. The summed E-state index contributed by atoms with van der Waals surface area (Å²) in [4.78, 5) is 36.6. The number of methoxy groups -OCH3 is 2. The highest BCUT2D eigenvalue weighted by molar-refractivity contribution is 5.79. The standard InChI is InChI=1S/C28H26N4O5/c1-16-13-17(2)29-25-24(16)27(33)31(28(34)32(25)19-9-7-6-8-10-19)15-22-18(3)37-26(30-22)21-12-11-20(35-4)14-23(21)36-5/h6-14H,15H2,1-5H3. The monoisotopic (exact) mass is 498 g/mol. The lowest BCUT2D eigenvalue weighted by molar-refractivity contribution is 0.394. The second-order valence-corrected chi connectivity index (χ2v) is 8.71. The number of fused-ring (bicyclic) bond motifs is 1. The van der Waals surface area contributed by atoms with E-state index in [1.165, 1.54) is 9.13 Å². The summed E-state index contributed by atoms with van der Waals surface area (Å²) >= 11 is 0. The van der Waals surface area contributed by atoms with Crippen molar-refractivity contribution in [2.24, 2.45) is 0 Å². The van der Waals surface area contributed by atoms with E-state index in [1.807, 2.05) is 50.2 Å². The SMILES string of the molecule is COc1ccc(-c2nc(Cn3c(=O)c4c(C)cc(C)nc4n(-c4ccccc4)c3=O)c(C)o2)c(OC)c1. The Labute approximate surface area is 212 Å². The van der Waals surface area contributed by atoms with E-state index in [9.17, 15) is 9.59 Å². The lowest BCUT2D eigenvalue weighted by atomic mass is 10.1. The van der Waals surface area contributed by atoms with Gasteiger partial charge >= 0.3 is 5.69 Å². The van der Waals surface area contributed by atoms with Crippen LogP contribution in [0, 0.1) is 20.8 Å². The summed E-state index contributed by atoms with van der Waals surface area (Å²) in [6.07, 6.45) is 0. The quantitative estimate of drug-likeness (QED) is 0.346. The zero-order valence-electron chi connectivity index (χ0n) is 21.2. The Morgan fingerprint density at radius 1 is 0.919 bits per heavy atom. The third kappa shape index (κ3) is 4.18. The first-order valence-electron chi connectivity index (χ1n) is 11.7. The van der Waals surface area contributed by atoms with Crippen molar-refractivity contribution < 1.29 is 13.9 Å². The fourth-order valence-corrected chi connectivity index (χ4v) is 4.44. The number of pyridine rings is 1. The van der Waals surface area contributed by atoms with Gasteiger partial charge in [0.2, 0.25) is 5.89 Å². The molecule has 9 nitrogen and oxygen atoms in total. The zero-order chi connectivity index (χ0) is 26.3. The van der Waals surface area contributed by atoms with Crippen molar-refractivity contribution in [3.8, 4) is 28.6 Å². The molecule has 0 radical (unpaired) electrons. The van der Waals surface area contributed by atoms with Crippen LogP contribution in [0.1, 0.15) is 22.7 Å². The number of hydrogen-bond acceptors (Lipinski definition) is 7. The summed E-state index contributed by atoms with van der Waals surface area (Å²) in [6.45, 7) is 5.37. The topological polar surface area (TPSA) is 101 Å². The smallest absolute Gasteiger partial charge is 0.337 e. The van der Waals surface area contributed by atoms with Gasteiger partial charge < -0.3 is 13.9 Å². The van der Waals surface area contributed by atoms with Crippen LogP contribution in [0.5, 0.6) is 11.5 Å². The Hall–Kier alpha value is -4.66. The van der Waals surface area contributed by atoms with E-state index in [1.54, 1.807) is 39.3 Å². The Kier molecular flexibility index (Phi) is 6.12. The van der Waals surface area contributed by atoms with Gasteiger partial charge in [0.05, 0.1) is 37.4 Å². The second-order valence-electron chi connectivity index (χ2n) is 8.71. The van der Waals surface area contributed by atoms with Gasteiger partial charge in [0.1, 0.15) is 23.0 Å². The molecule has 0 spiro atoms. The van der Waals surface area contributed by atoms with E-state index < -0.39 is 11.2 Å². The zero-order valence-corrected chi connectivity index (χ0v) is 21.2. The van der Waals surface area contributed by atoms with E-state index in [2.05, 4.69) is 9.97 Å². The summed E-state index contributed by atoms with van der Waals surface area (Å²) in [6, 6.07) is 16.3. The number of para-hydroxylation sites is 1. The van der Waals surface area contributed by atoms with Crippen LogP contribution in [0.2, 0.25) is 0 Å². The van der Waals surface area contributed by atoms with Gasteiger partial charge in [0.15, 0.2) is 5.65 Å². The van der Waals surface area contributed by atoms with Crippen molar-refractivity contribution in [3.63, 3.8) is 0 Å². The van der Waals surface area contributed by atoms with Crippen molar-refractivity contribution in [1.29, 1.82) is 0 Å². The van der Waals surface area contributed by atoms with Crippen LogP contribution >= 0.6 is 0 Å². The van der Waals surface area contributed by atoms with Gasteiger partial charge in [-0.25, -0.2) is 19.3 Å². The molecular formula is C28H26N4O5. The van der Waals surface area contributed by atoms with Crippen molar-refractivity contribution >= 4 is 11.0 Å². The minimum absolute atomic E-state index is 0.0679. The van der Waals surface area contributed by atoms with Gasteiger partial charge in [-0.1, -0.05) is 18.2 Å². The molecule has 3 aromatic heterocycles.